The zero-order valence-electron chi connectivity index (χ0n) is 16.3. The van der Waals surface area contributed by atoms with Gasteiger partial charge in [-0.3, -0.25) is 4.90 Å². The third kappa shape index (κ3) is 3.55. The number of hydrogen-bond acceptors (Lipinski definition) is 4. The van der Waals surface area contributed by atoms with Gasteiger partial charge in [0.05, 0.1) is 18.8 Å². The number of anilines is 1. The fraction of sp³-hybridized carbons (Fsp3) is 0.571. The first kappa shape index (κ1) is 18.6. The Hall–Kier alpha value is -1.72. The van der Waals surface area contributed by atoms with Gasteiger partial charge in [-0.25, -0.2) is 4.68 Å². The number of nitrogens with one attached hydrogen (secondary N) is 1. The fourth-order valence-corrected chi connectivity index (χ4v) is 4.65. The van der Waals surface area contributed by atoms with Gasteiger partial charge in [0.25, 0.3) is 0 Å². The van der Waals surface area contributed by atoms with Gasteiger partial charge in [-0.2, -0.15) is 5.10 Å². The highest BCUT2D eigenvalue weighted by molar-refractivity contribution is 6.30. The number of methoxy groups -OCH3 is 1. The first-order chi connectivity index (χ1) is 13.2. The number of benzene rings is 1. The van der Waals surface area contributed by atoms with Crippen LogP contribution in [-0.4, -0.2) is 41.4 Å². The summed E-state index contributed by atoms with van der Waals surface area (Å²) in [4.78, 5) is 2.58. The summed E-state index contributed by atoms with van der Waals surface area (Å²) >= 11 is 6.31. The van der Waals surface area contributed by atoms with Gasteiger partial charge in [-0.1, -0.05) is 24.9 Å². The number of halogens is 1. The van der Waals surface area contributed by atoms with Crippen LogP contribution in [-0.2, 0) is 6.42 Å². The van der Waals surface area contributed by atoms with Crippen LogP contribution in [0.5, 0.6) is 5.75 Å². The lowest BCUT2D eigenvalue weighted by Crippen LogP contribution is -2.34. The number of rotatable bonds is 4. The van der Waals surface area contributed by atoms with Gasteiger partial charge in [-0.15, -0.1) is 0 Å². The predicted octanol–water partition coefficient (Wildman–Crippen LogP) is 4.83. The quantitative estimate of drug-likeness (QED) is 0.814. The predicted molar refractivity (Wildman–Crippen MR) is 110 cm³/mol. The molecule has 6 heteroatoms. The van der Waals surface area contributed by atoms with Crippen molar-refractivity contribution in [1.82, 2.24) is 14.7 Å². The van der Waals surface area contributed by atoms with Crippen LogP contribution in [0.3, 0.4) is 0 Å². The standard InChI is InChI=1S/C21H29ClN4O/c1-3-25-13-7-5-9-17(25)20-16-8-4-6-12-23-21(16)26(24-20)18-14-15(22)10-11-19(18)27-2/h10-11,14,17,23H,3-9,12-13H2,1-2H3. The van der Waals surface area contributed by atoms with Crippen molar-refractivity contribution in [3.8, 4) is 11.4 Å². The molecule has 1 unspecified atom stereocenters. The molecule has 0 aliphatic carbocycles. The molecule has 2 aromatic rings. The van der Waals surface area contributed by atoms with Crippen LogP contribution in [0.1, 0.15) is 56.3 Å². The van der Waals surface area contributed by atoms with Crippen LogP contribution in [0.2, 0.25) is 5.02 Å². The molecule has 2 aliphatic heterocycles. The van der Waals surface area contributed by atoms with Crippen LogP contribution < -0.4 is 10.1 Å². The van der Waals surface area contributed by atoms with Crippen LogP contribution in [0.25, 0.3) is 5.69 Å². The van der Waals surface area contributed by atoms with Crippen molar-refractivity contribution in [2.75, 3.05) is 32.1 Å². The highest BCUT2D eigenvalue weighted by Crippen LogP contribution is 2.39. The third-order valence-corrected chi connectivity index (χ3v) is 6.10. The van der Waals surface area contributed by atoms with E-state index in [2.05, 4.69) is 17.1 Å². The van der Waals surface area contributed by atoms with Crippen molar-refractivity contribution < 1.29 is 4.74 Å². The van der Waals surface area contributed by atoms with Gasteiger partial charge in [0, 0.05) is 17.1 Å². The van der Waals surface area contributed by atoms with Crippen LogP contribution in [0.15, 0.2) is 18.2 Å². The topological polar surface area (TPSA) is 42.3 Å². The highest BCUT2D eigenvalue weighted by Gasteiger charge is 2.31. The Labute approximate surface area is 166 Å². The largest absolute Gasteiger partial charge is 0.494 e. The molecule has 4 rings (SSSR count). The first-order valence-electron chi connectivity index (χ1n) is 10.2. The normalized spacial score (nSPS) is 20.6. The molecule has 0 amide bonds. The summed E-state index contributed by atoms with van der Waals surface area (Å²) in [6.07, 6.45) is 7.20. The van der Waals surface area contributed by atoms with E-state index < -0.39 is 0 Å². The molecule has 0 radical (unpaired) electrons. The lowest BCUT2D eigenvalue weighted by atomic mass is 9.95. The molecule has 1 atom stereocenters. The second kappa shape index (κ2) is 8.11. The zero-order valence-corrected chi connectivity index (χ0v) is 17.1. The van der Waals surface area contributed by atoms with E-state index in [1.807, 2.05) is 22.9 Å². The van der Waals surface area contributed by atoms with E-state index in [0.29, 0.717) is 11.1 Å². The Morgan fingerprint density at radius 3 is 2.96 bits per heavy atom. The molecule has 3 heterocycles. The SMILES string of the molecule is CCN1CCCCC1c1nn(-c2cc(Cl)ccc2OC)c2c1CCCCN2. The summed E-state index contributed by atoms with van der Waals surface area (Å²) in [6, 6.07) is 6.13. The lowest BCUT2D eigenvalue weighted by Gasteiger charge is -2.34. The summed E-state index contributed by atoms with van der Waals surface area (Å²) in [5, 5.41) is 9.48. The van der Waals surface area contributed by atoms with Crippen molar-refractivity contribution in [1.29, 1.82) is 0 Å². The second-order valence-electron chi connectivity index (χ2n) is 7.46. The first-order valence-corrected chi connectivity index (χ1v) is 10.5. The van der Waals surface area contributed by atoms with E-state index >= 15 is 0 Å². The van der Waals surface area contributed by atoms with Crippen molar-refractivity contribution >= 4 is 17.4 Å². The number of nitrogens with zero attached hydrogens (tertiary/aromatic N) is 3. The summed E-state index contributed by atoms with van der Waals surface area (Å²) < 4.78 is 7.65. The monoisotopic (exact) mass is 388 g/mol. The molecule has 27 heavy (non-hydrogen) atoms. The van der Waals surface area contributed by atoms with Crippen molar-refractivity contribution in [2.45, 2.75) is 51.5 Å². The summed E-state index contributed by atoms with van der Waals surface area (Å²) in [5.74, 6) is 1.91. The molecule has 0 bridgehead atoms. The fourth-order valence-electron chi connectivity index (χ4n) is 4.48. The number of hydrogen-bond donors (Lipinski definition) is 1. The molecule has 1 saturated heterocycles. The minimum atomic E-state index is 0.406. The van der Waals surface area contributed by atoms with Crippen molar-refractivity contribution in [3.63, 3.8) is 0 Å². The van der Waals surface area contributed by atoms with Gasteiger partial charge in [-0.05, 0) is 63.4 Å². The number of piperidine rings is 1. The Morgan fingerprint density at radius 1 is 1.26 bits per heavy atom. The third-order valence-electron chi connectivity index (χ3n) is 5.87. The van der Waals surface area contributed by atoms with E-state index in [9.17, 15) is 0 Å². The van der Waals surface area contributed by atoms with E-state index in [1.54, 1.807) is 7.11 Å². The van der Waals surface area contributed by atoms with Gasteiger partial charge in [0.15, 0.2) is 0 Å². The average Bonchev–Trinajstić information content (AvgIpc) is 2.88. The maximum Gasteiger partial charge on any atom is 0.144 e. The molecule has 1 aromatic carbocycles. The molecule has 0 spiro atoms. The maximum absolute atomic E-state index is 6.31. The van der Waals surface area contributed by atoms with Gasteiger partial charge >= 0.3 is 0 Å². The Balaban J connectivity index is 1.86. The molecule has 1 fully saturated rings. The molecule has 2 aliphatic rings. The van der Waals surface area contributed by atoms with Crippen molar-refractivity contribution in [3.05, 3.63) is 34.5 Å². The van der Waals surface area contributed by atoms with Crippen LogP contribution in [0, 0.1) is 0 Å². The van der Waals surface area contributed by atoms with E-state index in [-0.39, 0.29) is 0 Å². The minimum absolute atomic E-state index is 0.406. The van der Waals surface area contributed by atoms with Gasteiger partial charge in [0.1, 0.15) is 17.3 Å². The lowest BCUT2D eigenvalue weighted by molar-refractivity contribution is 0.152. The van der Waals surface area contributed by atoms with Crippen molar-refractivity contribution in [2.24, 2.45) is 0 Å². The minimum Gasteiger partial charge on any atom is -0.494 e. The Bertz CT molecular complexity index is 804. The molecule has 5 nitrogen and oxygen atoms in total. The molecule has 146 valence electrons. The van der Waals surface area contributed by atoms with Gasteiger partial charge < -0.3 is 10.1 Å². The Morgan fingerprint density at radius 2 is 2.15 bits per heavy atom. The zero-order chi connectivity index (χ0) is 18.8. The number of aromatic nitrogens is 2. The molecule has 1 N–H and O–H groups in total. The second-order valence-corrected chi connectivity index (χ2v) is 7.90. The average molecular weight is 389 g/mol. The highest BCUT2D eigenvalue weighted by atomic mass is 35.5. The number of ether oxygens (including phenoxy) is 1. The molecule has 1 aromatic heterocycles. The maximum atomic E-state index is 6.31. The Kier molecular flexibility index (Phi) is 5.60. The smallest absolute Gasteiger partial charge is 0.144 e. The summed E-state index contributed by atoms with van der Waals surface area (Å²) in [7, 11) is 1.70. The molecule has 0 saturated carbocycles. The number of likely N-dealkylation sites (tertiary alicyclic amines) is 1. The van der Waals surface area contributed by atoms with Gasteiger partial charge in [0.2, 0.25) is 0 Å². The van der Waals surface area contributed by atoms with E-state index in [0.717, 1.165) is 43.3 Å². The molecular weight excluding hydrogens is 360 g/mol. The summed E-state index contributed by atoms with van der Waals surface area (Å²) in [5.41, 5.74) is 3.52. The van der Waals surface area contributed by atoms with Crippen LogP contribution >= 0.6 is 11.6 Å². The molecular formula is C21H29ClN4O. The van der Waals surface area contributed by atoms with E-state index in [4.69, 9.17) is 21.4 Å². The van der Waals surface area contributed by atoms with Crippen LogP contribution in [0.4, 0.5) is 5.82 Å². The number of fused-ring (bicyclic) bond motifs is 1. The summed E-state index contributed by atoms with van der Waals surface area (Å²) in [6.45, 7) is 5.46. The van der Waals surface area contributed by atoms with E-state index in [1.165, 1.54) is 43.4 Å².